The van der Waals surface area contributed by atoms with Crippen LogP contribution in [0.4, 0.5) is 37.6 Å². The molecule has 0 radical (unpaired) electrons. The van der Waals surface area contributed by atoms with Gasteiger partial charge in [0, 0.05) is 55.7 Å². The van der Waals surface area contributed by atoms with Crippen molar-refractivity contribution in [2.75, 3.05) is 41.0 Å². The average molecular weight is 519 g/mol. The standard InChI is InChI=1S/C27H28F2N8O/c1-3-25(38)33-19-6-7-23(29)24(13-19)35-26-22(16-32-27(36-26)34-20(14-30)15-31-2)17-10-18(28)12-21(11-17)37-8-4-5-9-37/h3,6-7,10-16H,1,4-5,8-9,30H2,2H3,(H,33,38)(H2,32,34,35,36)/b20-14+,31-15?. The number of halogens is 2. The van der Waals surface area contributed by atoms with Gasteiger partial charge in [-0.3, -0.25) is 9.79 Å². The molecule has 0 aliphatic carbocycles. The Balaban J connectivity index is 1.78. The van der Waals surface area contributed by atoms with Gasteiger partial charge in [0.05, 0.1) is 11.4 Å². The van der Waals surface area contributed by atoms with Crippen molar-refractivity contribution in [2.24, 2.45) is 10.7 Å². The molecular weight excluding hydrogens is 490 g/mol. The van der Waals surface area contributed by atoms with E-state index < -0.39 is 17.5 Å². The van der Waals surface area contributed by atoms with E-state index in [1.165, 1.54) is 48.9 Å². The smallest absolute Gasteiger partial charge is 0.247 e. The number of nitrogens with zero attached hydrogens (tertiary/aromatic N) is 4. The number of rotatable bonds is 9. The minimum Gasteiger partial charge on any atom is -0.403 e. The van der Waals surface area contributed by atoms with Crippen LogP contribution in [-0.2, 0) is 4.79 Å². The van der Waals surface area contributed by atoms with Crippen LogP contribution in [0.2, 0.25) is 0 Å². The van der Waals surface area contributed by atoms with Crippen molar-refractivity contribution >= 4 is 41.0 Å². The van der Waals surface area contributed by atoms with E-state index in [0.717, 1.165) is 37.7 Å². The van der Waals surface area contributed by atoms with Gasteiger partial charge in [0.25, 0.3) is 0 Å². The monoisotopic (exact) mass is 518 g/mol. The predicted octanol–water partition coefficient (Wildman–Crippen LogP) is 4.80. The van der Waals surface area contributed by atoms with Crippen LogP contribution in [0, 0.1) is 11.6 Å². The second kappa shape index (κ2) is 12.0. The summed E-state index contributed by atoms with van der Waals surface area (Å²) >= 11 is 0. The molecule has 2 heterocycles. The zero-order valence-corrected chi connectivity index (χ0v) is 20.8. The number of carbonyl (C=O) groups excluding carboxylic acids is 1. The molecule has 0 saturated carbocycles. The van der Waals surface area contributed by atoms with Gasteiger partial charge in [-0.1, -0.05) is 6.58 Å². The summed E-state index contributed by atoms with van der Waals surface area (Å²) < 4.78 is 29.6. The lowest BCUT2D eigenvalue weighted by atomic mass is 10.1. The Morgan fingerprint density at radius 2 is 1.95 bits per heavy atom. The van der Waals surface area contributed by atoms with E-state index in [1.807, 2.05) is 6.07 Å². The summed E-state index contributed by atoms with van der Waals surface area (Å²) in [5.41, 5.74) is 8.18. The normalized spacial score (nSPS) is 13.6. The molecule has 4 rings (SSSR count). The molecule has 1 fully saturated rings. The van der Waals surface area contributed by atoms with Crippen molar-refractivity contribution in [3.63, 3.8) is 0 Å². The van der Waals surface area contributed by atoms with Crippen LogP contribution in [-0.4, -0.2) is 42.2 Å². The summed E-state index contributed by atoms with van der Waals surface area (Å²) in [7, 11) is 1.59. The molecular formula is C27H28F2N8O. The fourth-order valence-corrected chi connectivity index (χ4v) is 4.04. The first kappa shape index (κ1) is 26.3. The molecule has 3 aromatic rings. The summed E-state index contributed by atoms with van der Waals surface area (Å²) in [6.07, 6.45) is 7.50. The number of aromatic nitrogens is 2. The van der Waals surface area contributed by atoms with E-state index in [4.69, 9.17) is 5.73 Å². The van der Waals surface area contributed by atoms with Crippen LogP contribution in [0.1, 0.15) is 12.8 Å². The van der Waals surface area contributed by atoms with Crippen LogP contribution < -0.4 is 26.6 Å². The van der Waals surface area contributed by atoms with Crippen molar-refractivity contribution in [1.29, 1.82) is 0 Å². The van der Waals surface area contributed by atoms with Gasteiger partial charge in [0.15, 0.2) is 0 Å². The summed E-state index contributed by atoms with van der Waals surface area (Å²) in [4.78, 5) is 26.7. The fourth-order valence-electron chi connectivity index (χ4n) is 4.04. The number of allylic oxidation sites excluding steroid dienone is 1. The van der Waals surface area contributed by atoms with Gasteiger partial charge in [-0.2, -0.15) is 4.98 Å². The van der Waals surface area contributed by atoms with E-state index in [9.17, 15) is 13.6 Å². The Bertz CT molecular complexity index is 1400. The van der Waals surface area contributed by atoms with Crippen molar-refractivity contribution in [1.82, 2.24) is 9.97 Å². The lowest BCUT2D eigenvalue weighted by molar-refractivity contribution is -0.111. The Morgan fingerprint density at radius 3 is 2.66 bits per heavy atom. The van der Waals surface area contributed by atoms with Gasteiger partial charge in [0.2, 0.25) is 11.9 Å². The van der Waals surface area contributed by atoms with Crippen LogP contribution in [0.25, 0.3) is 11.1 Å². The molecule has 11 heteroatoms. The first-order valence-electron chi connectivity index (χ1n) is 11.9. The number of benzene rings is 2. The topological polar surface area (TPSA) is 121 Å². The number of amides is 1. The molecule has 0 unspecified atom stereocenters. The van der Waals surface area contributed by atoms with Crippen molar-refractivity contribution < 1.29 is 13.6 Å². The Hall–Kier alpha value is -4.80. The van der Waals surface area contributed by atoms with Gasteiger partial charge in [-0.25, -0.2) is 13.8 Å². The zero-order valence-electron chi connectivity index (χ0n) is 20.8. The maximum absolute atomic E-state index is 14.8. The Labute approximate surface area is 219 Å². The zero-order chi connectivity index (χ0) is 27.1. The lowest BCUT2D eigenvalue weighted by Gasteiger charge is -2.20. The summed E-state index contributed by atoms with van der Waals surface area (Å²) in [5, 5.41) is 8.52. The Morgan fingerprint density at radius 1 is 1.16 bits per heavy atom. The molecule has 0 bridgehead atoms. The van der Waals surface area contributed by atoms with Gasteiger partial charge < -0.3 is 26.6 Å². The number of anilines is 5. The van der Waals surface area contributed by atoms with Crippen molar-refractivity contribution in [3.05, 3.63) is 78.8 Å². The Kier molecular flexibility index (Phi) is 8.27. The molecule has 2 aromatic carbocycles. The molecule has 196 valence electrons. The van der Waals surface area contributed by atoms with E-state index in [1.54, 1.807) is 7.05 Å². The molecule has 0 atom stereocenters. The molecule has 1 amide bonds. The fraction of sp³-hybridized carbons (Fsp3) is 0.185. The predicted molar refractivity (Wildman–Crippen MR) is 148 cm³/mol. The molecule has 0 spiro atoms. The van der Waals surface area contributed by atoms with Crippen molar-refractivity contribution in [2.45, 2.75) is 12.8 Å². The molecule has 1 saturated heterocycles. The second-order valence-electron chi connectivity index (χ2n) is 8.50. The summed E-state index contributed by atoms with van der Waals surface area (Å²) in [5.74, 6) is -1.08. The second-order valence-corrected chi connectivity index (χ2v) is 8.50. The quantitative estimate of drug-likeness (QED) is 0.237. The van der Waals surface area contributed by atoms with E-state index in [-0.39, 0.29) is 17.5 Å². The van der Waals surface area contributed by atoms with Gasteiger partial charge in [-0.15, -0.1) is 0 Å². The highest BCUT2D eigenvalue weighted by molar-refractivity contribution is 5.99. The molecule has 1 aliphatic heterocycles. The number of hydrogen-bond donors (Lipinski definition) is 4. The highest BCUT2D eigenvalue weighted by atomic mass is 19.1. The minimum atomic E-state index is -0.585. The third kappa shape index (κ3) is 6.30. The highest BCUT2D eigenvalue weighted by Gasteiger charge is 2.18. The third-order valence-corrected chi connectivity index (χ3v) is 5.83. The van der Waals surface area contributed by atoms with E-state index in [2.05, 4.69) is 42.4 Å². The molecule has 1 aromatic heterocycles. The number of aliphatic imine (C=N–C) groups is 1. The SMILES string of the molecule is C=CC(=O)Nc1ccc(F)c(Nc2nc(N/C(C=NC)=C/N)ncc2-c2cc(F)cc(N3CCCC3)c2)c1. The van der Waals surface area contributed by atoms with Crippen LogP contribution in [0.5, 0.6) is 0 Å². The third-order valence-electron chi connectivity index (χ3n) is 5.83. The minimum absolute atomic E-state index is 0.0404. The molecule has 1 aliphatic rings. The van der Waals surface area contributed by atoms with E-state index in [0.29, 0.717) is 22.5 Å². The van der Waals surface area contributed by atoms with Gasteiger partial charge in [-0.05, 0) is 60.9 Å². The maximum atomic E-state index is 14.8. The van der Waals surface area contributed by atoms with E-state index >= 15 is 0 Å². The first-order valence-corrected chi connectivity index (χ1v) is 11.9. The van der Waals surface area contributed by atoms with Gasteiger partial charge >= 0.3 is 0 Å². The summed E-state index contributed by atoms with van der Waals surface area (Å²) in [6.45, 7) is 5.11. The number of carbonyl (C=O) groups is 1. The largest absolute Gasteiger partial charge is 0.403 e. The van der Waals surface area contributed by atoms with Crippen molar-refractivity contribution in [3.8, 4) is 11.1 Å². The number of hydrogen-bond acceptors (Lipinski definition) is 8. The molecule has 9 nitrogen and oxygen atoms in total. The van der Waals surface area contributed by atoms with Crippen LogP contribution >= 0.6 is 0 Å². The maximum Gasteiger partial charge on any atom is 0.247 e. The lowest BCUT2D eigenvalue weighted by Crippen LogP contribution is -2.17. The molecule has 5 N–H and O–H groups in total. The number of nitrogens with two attached hydrogens (primary N) is 1. The van der Waals surface area contributed by atoms with Crippen LogP contribution in [0.15, 0.2) is 72.1 Å². The number of nitrogens with one attached hydrogen (secondary N) is 3. The average Bonchev–Trinajstić information content (AvgIpc) is 3.45. The van der Waals surface area contributed by atoms with Crippen LogP contribution in [0.3, 0.4) is 0 Å². The summed E-state index contributed by atoms with van der Waals surface area (Å²) in [6, 6.07) is 8.78. The highest BCUT2D eigenvalue weighted by Crippen LogP contribution is 2.34. The molecule has 38 heavy (non-hydrogen) atoms. The first-order chi connectivity index (χ1) is 18.4. The van der Waals surface area contributed by atoms with Gasteiger partial charge in [0.1, 0.15) is 17.5 Å².